The molecule has 84 valence electrons. The van der Waals surface area contributed by atoms with E-state index in [9.17, 15) is 0 Å². The van der Waals surface area contributed by atoms with Crippen molar-refractivity contribution in [2.75, 3.05) is 19.6 Å². The second kappa shape index (κ2) is 5.04. The van der Waals surface area contributed by atoms with Gasteiger partial charge in [-0.3, -0.25) is 5.32 Å². The van der Waals surface area contributed by atoms with E-state index in [0.29, 0.717) is 13.1 Å². The summed E-state index contributed by atoms with van der Waals surface area (Å²) >= 11 is 0. The van der Waals surface area contributed by atoms with Crippen LogP contribution < -0.4 is 22.5 Å². The Bertz CT molecular complexity index is 174. The van der Waals surface area contributed by atoms with Crippen LogP contribution in [0.4, 0.5) is 0 Å². The maximum Gasteiger partial charge on any atom is 0.0759 e. The van der Waals surface area contributed by atoms with Crippen LogP contribution in [0, 0.1) is 0 Å². The van der Waals surface area contributed by atoms with Crippen molar-refractivity contribution in [2.24, 2.45) is 17.2 Å². The van der Waals surface area contributed by atoms with Gasteiger partial charge in [0.2, 0.25) is 0 Å². The lowest BCUT2D eigenvalue weighted by atomic mass is 10.1. The van der Waals surface area contributed by atoms with Gasteiger partial charge in [-0.2, -0.15) is 0 Å². The molecule has 0 aromatic carbocycles. The van der Waals surface area contributed by atoms with Crippen LogP contribution in [0.5, 0.6) is 0 Å². The molecule has 5 heteroatoms. The molecule has 7 N–H and O–H groups in total. The van der Waals surface area contributed by atoms with Crippen LogP contribution in [0.15, 0.2) is 0 Å². The Labute approximate surface area is 85.3 Å². The van der Waals surface area contributed by atoms with E-state index in [0.717, 1.165) is 19.4 Å². The molecule has 0 bridgehead atoms. The van der Waals surface area contributed by atoms with Crippen molar-refractivity contribution in [2.45, 2.75) is 37.6 Å². The molecule has 0 spiro atoms. The third-order valence-electron chi connectivity index (χ3n) is 2.62. The van der Waals surface area contributed by atoms with E-state index < -0.39 is 5.66 Å². The van der Waals surface area contributed by atoms with Gasteiger partial charge in [-0.25, -0.2) is 0 Å². The number of nitrogens with two attached hydrogens (primary N) is 3. The fourth-order valence-electron chi connectivity index (χ4n) is 1.52. The van der Waals surface area contributed by atoms with E-state index in [1.54, 1.807) is 0 Å². The zero-order valence-corrected chi connectivity index (χ0v) is 8.83. The molecule has 1 fully saturated rings. The topological polar surface area (TPSA) is 99.3 Å². The van der Waals surface area contributed by atoms with Gasteiger partial charge in [-0.1, -0.05) is 0 Å². The molecular formula is C9H22N4O. The number of hydrogen-bond donors (Lipinski definition) is 4. The van der Waals surface area contributed by atoms with Crippen LogP contribution in [0.25, 0.3) is 0 Å². The Morgan fingerprint density at radius 3 is 2.50 bits per heavy atom. The van der Waals surface area contributed by atoms with Crippen LogP contribution in [-0.2, 0) is 4.74 Å². The van der Waals surface area contributed by atoms with Gasteiger partial charge >= 0.3 is 0 Å². The van der Waals surface area contributed by atoms with E-state index in [2.05, 4.69) is 5.32 Å². The number of nitrogens with one attached hydrogen (secondary N) is 1. The van der Waals surface area contributed by atoms with Crippen molar-refractivity contribution >= 4 is 0 Å². The van der Waals surface area contributed by atoms with E-state index in [-0.39, 0.29) is 12.2 Å². The highest BCUT2D eigenvalue weighted by molar-refractivity contribution is 4.81. The molecule has 1 aliphatic heterocycles. The van der Waals surface area contributed by atoms with Gasteiger partial charge in [0.05, 0.1) is 17.9 Å². The first-order valence-corrected chi connectivity index (χ1v) is 5.17. The molecule has 0 aromatic heterocycles. The SMILES string of the molecule is CC(N)(CN)NC[C@@H]1CC[C@H](CN)O1. The summed E-state index contributed by atoms with van der Waals surface area (Å²) in [7, 11) is 0. The third-order valence-corrected chi connectivity index (χ3v) is 2.62. The molecule has 1 saturated heterocycles. The lowest BCUT2D eigenvalue weighted by molar-refractivity contribution is 0.0462. The molecule has 14 heavy (non-hydrogen) atoms. The standard InChI is InChI=1S/C9H22N4O/c1-9(12,6-11)13-5-8-3-2-7(4-10)14-8/h7-8,13H,2-6,10-12H2,1H3/t7-,8+,9?/m1/s1. The minimum absolute atomic E-state index is 0.226. The average molecular weight is 202 g/mol. The van der Waals surface area contributed by atoms with Crippen LogP contribution in [0.2, 0.25) is 0 Å². The van der Waals surface area contributed by atoms with Crippen molar-refractivity contribution in [1.82, 2.24) is 5.32 Å². The summed E-state index contributed by atoms with van der Waals surface area (Å²) in [5, 5.41) is 3.18. The highest BCUT2D eigenvalue weighted by Crippen LogP contribution is 2.18. The summed E-state index contributed by atoms with van der Waals surface area (Å²) in [6.45, 7) is 3.65. The van der Waals surface area contributed by atoms with Gasteiger partial charge in [0.1, 0.15) is 0 Å². The van der Waals surface area contributed by atoms with Crippen LogP contribution in [0.3, 0.4) is 0 Å². The minimum Gasteiger partial charge on any atom is -0.372 e. The summed E-state index contributed by atoms with van der Waals surface area (Å²) in [5.74, 6) is 0. The summed E-state index contributed by atoms with van der Waals surface area (Å²) in [6, 6.07) is 0. The van der Waals surface area contributed by atoms with E-state index in [4.69, 9.17) is 21.9 Å². The largest absolute Gasteiger partial charge is 0.372 e. The predicted octanol–water partition coefficient (Wildman–Crippen LogP) is -1.28. The summed E-state index contributed by atoms with van der Waals surface area (Å²) in [6.07, 6.45) is 2.56. The molecule has 0 aromatic rings. The number of ether oxygens (including phenoxy) is 1. The Hall–Kier alpha value is -0.200. The molecule has 0 aliphatic carbocycles. The fourth-order valence-corrected chi connectivity index (χ4v) is 1.52. The van der Waals surface area contributed by atoms with Gasteiger partial charge in [0.15, 0.2) is 0 Å². The van der Waals surface area contributed by atoms with Crippen molar-refractivity contribution in [3.05, 3.63) is 0 Å². The molecule has 0 saturated carbocycles. The third kappa shape index (κ3) is 3.51. The highest BCUT2D eigenvalue weighted by atomic mass is 16.5. The maximum atomic E-state index is 5.84. The molecule has 0 amide bonds. The molecule has 5 nitrogen and oxygen atoms in total. The predicted molar refractivity (Wildman–Crippen MR) is 56.6 cm³/mol. The Morgan fingerprint density at radius 2 is 2.00 bits per heavy atom. The second-order valence-corrected chi connectivity index (χ2v) is 4.20. The first-order chi connectivity index (χ1) is 6.57. The smallest absolute Gasteiger partial charge is 0.0759 e. The molecule has 1 heterocycles. The normalized spacial score (nSPS) is 31.7. The Morgan fingerprint density at radius 1 is 1.36 bits per heavy atom. The monoisotopic (exact) mass is 202 g/mol. The van der Waals surface area contributed by atoms with Gasteiger partial charge in [-0.15, -0.1) is 0 Å². The molecule has 0 radical (unpaired) electrons. The van der Waals surface area contributed by atoms with E-state index >= 15 is 0 Å². The highest BCUT2D eigenvalue weighted by Gasteiger charge is 2.25. The molecule has 1 unspecified atom stereocenters. The summed E-state index contributed by atoms with van der Waals surface area (Å²) in [5.41, 5.74) is 16.4. The van der Waals surface area contributed by atoms with Gasteiger partial charge < -0.3 is 21.9 Å². The molecule has 3 atom stereocenters. The van der Waals surface area contributed by atoms with E-state index in [1.165, 1.54) is 0 Å². The minimum atomic E-state index is -0.496. The van der Waals surface area contributed by atoms with Crippen LogP contribution in [0.1, 0.15) is 19.8 Å². The van der Waals surface area contributed by atoms with Crippen LogP contribution >= 0.6 is 0 Å². The van der Waals surface area contributed by atoms with Gasteiger partial charge in [0.25, 0.3) is 0 Å². The van der Waals surface area contributed by atoms with E-state index in [1.807, 2.05) is 6.92 Å². The molecule has 1 rings (SSSR count). The molecule has 1 aliphatic rings. The van der Waals surface area contributed by atoms with Gasteiger partial charge in [0, 0.05) is 19.6 Å². The Kier molecular flexibility index (Phi) is 4.28. The van der Waals surface area contributed by atoms with Crippen molar-refractivity contribution in [3.63, 3.8) is 0 Å². The number of rotatable bonds is 5. The van der Waals surface area contributed by atoms with Gasteiger partial charge in [-0.05, 0) is 19.8 Å². The first-order valence-electron chi connectivity index (χ1n) is 5.17. The van der Waals surface area contributed by atoms with Crippen LogP contribution in [-0.4, -0.2) is 37.5 Å². The Balaban J connectivity index is 2.20. The zero-order valence-electron chi connectivity index (χ0n) is 8.83. The lowest BCUT2D eigenvalue weighted by Gasteiger charge is -2.26. The fraction of sp³-hybridized carbons (Fsp3) is 1.00. The number of hydrogen-bond acceptors (Lipinski definition) is 5. The second-order valence-electron chi connectivity index (χ2n) is 4.20. The first kappa shape index (κ1) is 11.9. The summed E-state index contributed by atoms with van der Waals surface area (Å²) in [4.78, 5) is 0. The molecular weight excluding hydrogens is 180 g/mol. The lowest BCUT2D eigenvalue weighted by Crippen LogP contribution is -2.57. The zero-order chi connectivity index (χ0) is 10.6. The van der Waals surface area contributed by atoms with Crippen molar-refractivity contribution < 1.29 is 4.74 Å². The summed E-state index contributed by atoms with van der Waals surface area (Å²) < 4.78 is 5.67. The van der Waals surface area contributed by atoms with Crippen molar-refractivity contribution in [1.29, 1.82) is 0 Å². The van der Waals surface area contributed by atoms with Crippen molar-refractivity contribution in [3.8, 4) is 0 Å². The quantitative estimate of drug-likeness (QED) is 0.416. The maximum absolute atomic E-state index is 5.84. The average Bonchev–Trinajstić information content (AvgIpc) is 2.63.